The molecule has 1 N–H and O–H groups in total. The molecule has 1 aliphatic rings. The first-order valence-electron chi connectivity index (χ1n) is 8.63. The number of para-hydroxylation sites is 1. The maximum Gasteiger partial charge on any atom is 0.287 e. The average molecular weight is 315 g/mol. The summed E-state index contributed by atoms with van der Waals surface area (Å²) in [6.07, 6.45) is 7.54. The molecular formula is C19H25NO3. The molecule has 2 aromatic rings. The van der Waals surface area contributed by atoms with Gasteiger partial charge in [0.15, 0.2) is 5.76 Å². The molecule has 0 unspecified atom stereocenters. The highest BCUT2D eigenvalue weighted by atomic mass is 16.5. The molecule has 23 heavy (non-hydrogen) atoms. The van der Waals surface area contributed by atoms with Crippen LogP contribution in [0.25, 0.3) is 11.0 Å². The summed E-state index contributed by atoms with van der Waals surface area (Å²) in [5, 5.41) is 3.92. The normalized spacial score (nSPS) is 15.9. The number of aryl methyl sites for hydroxylation is 1. The summed E-state index contributed by atoms with van der Waals surface area (Å²) in [7, 11) is 0. The lowest BCUT2D eigenvalue weighted by Gasteiger charge is -2.21. The van der Waals surface area contributed by atoms with Gasteiger partial charge in [-0.25, -0.2) is 0 Å². The second-order valence-electron chi connectivity index (χ2n) is 6.29. The third-order valence-corrected chi connectivity index (χ3v) is 4.56. The molecule has 1 aromatic heterocycles. The fraction of sp³-hybridized carbons (Fsp3) is 0.526. The van der Waals surface area contributed by atoms with E-state index in [1.54, 1.807) is 0 Å². The van der Waals surface area contributed by atoms with Crippen LogP contribution in [-0.4, -0.2) is 25.2 Å². The third-order valence-electron chi connectivity index (χ3n) is 4.56. The Balaban J connectivity index is 1.44. The standard InChI is InChI=1S/C19H25NO3/c1-14-16-10-5-6-11-17(16)23-18(14)19(21)20-12-7-13-22-15-8-3-2-4-9-15/h5-6,10-11,15H,2-4,7-9,12-13H2,1H3,(H,20,21). The zero-order chi connectivity index (χ0) is 16.1. The van der Waals surface area contributed by atoms with E-state index in [1.807, 2.05) is 31.2 Å². The molecule has 0 atom stereocenters. The number of carbonyl (C=O) groups is 1. The molecule has 1 heterocycles. The van der Waals surface area contributed by atoms with E-state index in [9.17, 15) is 4.79 Å². The smallest absolute Gasteiger partial charge is 0.287 e. The van der Waals surface area contributed by atoms with Gasteiger partial charge in [0.25, 0.3) is 5.91 Å². The van der Waals surface area contributed by atoms with Gasteiger partial charge in [0, 0.05) is 24.1 Å². The topological polar surface area (TPSA) is 51.5 Å². The minimum absolute atomic E-state index is 0.142. The number of hydrogen-bond donors (Lipinski definition) is 1. The molecule has 0 saturated heterocycles. The molecule has 4 heteroatoms. The van der Waals surface area contributed by atoms with Crippen molar-refractivity contribution in [3.05, 3.63) is 35.6 Å². The van der Waals surface area contributed by atoms with E-state index < -0.39 is 0 Å². The van der Waals surface area contributed by atoms with Crippen molar-refractivity contribution in [1.29, 1.82) is 0 Å². The summed E-state index contributed by atoms with van der Waals surface area (Å²) in [4.78, 5) is 12.3. The van der Waals surface area contributed by atoms with Crippen LogP contribution in [0.15, 0.2) is 28.7 Å². The summed E-state index contributed by atoms with van der Waals surface area (Å²) in [5.41, 5.74) is 1.66. The average Bonchev–Trinajstić information content (AvgIpc) is 2.93. The van der Waals surface area contributed by atoms with Crippen molar-refractivity contribution in [2.24, 2.45) is 0 Å². The van der Waals surface area contributed by atoms with Crippen molar-refractivity contribution in [2.45, 2.75) is 51.6 Å². The number of carbonyl (C=O) groups excluding carboxylic acids is 1. The zero-order valence-electron chi connectivity index (χ0n) is 13.8. The van der Waals surface area contributed by atoms with Crippen LogP contribution in [0.3, 0.4) is 0 Å². The minimum atomic E-state index is -0.142. The monoisotopic (exact) mass is 315 g/mol. The van der Waals surface area contributed by atoms with Gasteiger partial charge in [0.2, 0.25) is 0 Å². The van der Waals surface area contributed by atoms with E-state index in [-0.39, 0.29) is 5.91 Å². The Hall–Kier alpha value is -1.81. The van der Waals surface area contributed by atoms with Crippen molar-refractivity contribution >= 4 is 16.9 Å². The van der Waals surface area contributed by atoms with Gasteiger partial charge in [-0.1, -0.05) is 37.5 Å². The molecule has 124 valence electrons. The summed E-state index contributed by atoms with van der Waals surface area (Å²) < 4.78 is 11.5. The lowest BCUT2D eigenvalue weighted by molar-refractivity contribution is 0.0273. The summed E-state index contributed by atoms with van der Waals surface area (Å²) in [6, 6.07) is 7.73. The van der Waals surface area contributed by atoms with Crippen LogP contribution in [0.4, 0.5) is 0 Å². The molecule has 0 aliphatic heterocycles. The Kier molecular flexibility index (Phi) is 5.34. The maximum absolute atomic E-state index is 12.3. The molecule has 1 fully saturated rings. The number of furan rings is 1. The molecule has 1 amide bonds. The first kappa shape index (κ1) is 16.1. The van der Waals surface area contributed by atoms with E-state index in [0.29, 0.717) is 25.0 Å². The molecular weight excluding hydrogens is 290 g/mol. The van der Waals surface area contributed by atoms with Gasteiger partial charge in [-0.2, -0.15) is 0 Å². The van der Waals surface area contributed by atoms with Crippen molar-refractivity contribution in [3.8, 4) is 0 Å². The van der Waals surface area contributed by atoms with E-state index in [1.165, 1.54) is 32.1 Å². The van der Waals surface area contributed by atoms with Gasteiger partial charge in [0.1, 0.15) is 5.58 Å². The molecule has 1 saturated carbocycles. The number of rotatable bonds is 6. The Morgan fingerprint density at radius 2 is 2.04 bits per heavy atom. The minimum Gasteiger partial charge on any atom is -0.451 e. The zero-order valence-corrected chi connectivity index (χ0v) is 13.8. The second-order valence-corrected chi connectivity index (χ2v) is 6.29. The highest BCUT2D eigenvalue weighted by Crippen LogP contribution is 2.24. The Bertz CT molecular complexity index is 656. The second kappa shape index (κ2) is 7.64. The number of amides is 1. The number of fused-ring (bicyclic) bond motifs is 1. The third kappa shape index (κ3) is 3.94. The number of ether oxygens (including phenoxy) is 1. The van der Waals surface area contributed by atoms with Crippen LogP contribution in [0.5, 0.6) is 0 Å². The molecule has 0 bridgehead atoms. The van der Waals surface area contributed by atoms with Gasteiger partial charge >= 0.3 is 0 Å². The first-order chi connectivity index (χ1) is 11.3. The number of nitrogens with one attached hydrogen (secondary N) is 1. The molecule has 1 aromatic carbocycles. The van der Waals surface area contributed by atoms with Gasteiger partial charge < -0.3 is 14.5 Å². The van der Waals surface area contributed by atoms with Crippen LogP contribution in [0, 0.1) is 6.92 Å². The van der Waals surface area contributed by atoms with Crippen LogP contribution < -0.4 is 5.32 Å². The van der Waals surface area contributed by atoms with Gasteiger partial charge in [-0.05, 0) is 32.3 Å². The van der Waals surface area contributed by atoms with Crippen LogP contribution >= 0.6 is 0 Å². The molecule has 0 radical (unpaired) electrons. The Morgan fingerprint density at radius 3 is 2.83 bits per heavy atom. The van der Waals surface area contributed by atoms with E-state index in [4.69, 9.17) is 9.15 Å². The number of benzene rings is 1. The fourth-order valence-electron chi connectivity index (χ4n) is 3.23. The Labute approximate surface area is 137 Å². The lowest BCUT2D eigenvalue weighted by atomic mass is 9.98. The summed E-state index contributed by atoms with van der Waals surface area (Å²) >= 11 is 0. The van der Waals surface area contributed by atoms with E-state index in [2.05, 4.69) is 5.32 Å². The van der Waals surface area contributed by atoms with Crippen molar-refractivity contribution in [2.75, 3.05) is 13.2 Å². The van der Waals surface area contributed by atoms with Crippen molar-refractivity contribution in [3.63, 3.8) is 0 Å². The van der Waals surface area contributed by atoms with Crippen LogP contribution in [0.1, 0.15) is 54.6 Å². The van der Waals surface area contributed by atoms with Crippen molar-refractivity contribution in [1.82, 2.24) is 5.32 Å². The Morgan fingerprint density at radius 1 is 1.26 bits per heavy atom. The summed E-state index contributed by atoms with van der Waals surface area (Å²) in [6.45, 7) is 3.25. The molecule has 4 nitrogen and oxygen atoms in total. The molecule has 1 aliphatic carbocycles. The maximum atomic E-state index is 12.3. The van der Waals surface area contributed by atoms with Crippen LogP contribution in [0.2, 0.25) is 0 Å². The summed E-state index contributed by atoms with van der Waals surface area (Å²) in [5.74, 6) is 0.274. The molecule has 0 spiro atoms. The van der Waals surface area contributed by atoms with E-state index >= 15 is 0 Å². The van der Waals surface area contributed by atoms with Crippen LogP contribution in [-0.2, 0) is 4.74 Å². The fourth-order valence-corrected chi connectivity index (χ4v) is 3.23. The predicted molar refractivity (Wildman–Crippen MR) is 90.7 cm³/mol. The molecule has 3 rings (SSSR count). The highest BCUT2D eigenvalue weighted by Gasteiger charge is 2.17. The van der Waals surface area contributed by atoms with Gasteiger partial charge in [-0.15, -0.1) is 0 Å². The van der Waals surface area contributed by atoms with Gasteiger partial charge in [0.05, 0.1) is 6.10 Å². The lowest BCUT2D eigenvalue weighted by Crippen LogP contribution is -2.26. The SMILES string of the molecule is Cc1c(C(=O)NCCCOC2CCCCC2)oc2ccccc12. The van der Waals surface area contributed by atoms with Gasteiger partial charge in [-0.3, -0.25) is 4.79 Å². The predicted octanol–water partition coefficient (Wildman–Crippen LogP) is 4.21. The van der Waals surface area contributed by atoms with Crippen molar-refractivity contribution < 1.29 is 13.9 Å². The first-order valence-corrected chi connectivity index (χ1v) is 8.63. The largest absolute Gasteiger partial charge is 0.451 e. The van der Waals surface area contributed by atoms with E-state index in [0.717, 1.165) is 23.0 Å². The highest BCUT2D eigenvalue weighted by molar-refractivity contribution is 5.98. The quantitative estimate of drug-likeness (QED) is 0.812. The number of hydrogen-bond acceptors (Lipinski definition) is 3.